The van der Waals surface area contributed by atoms with Gasteiger partial charge in [0.05, 0.1) is 13.0 Å². The highest BCUT2D eigenvalue weighted by Crippen LogP contribution is 2.08. The molecule has 0 saturated carbocycles. The molecule has 1 atom stereocenters. The van der Waals surface area contributed by atoms with Gasteiger partial charge in [-0.15, -0.1) is 11.3 Å². The third kappa shape index (κ3) is 5.28. The molecule has 0 aliphatic heterocycles. The van der Waals surface area contributed by atoms with Crippen molar-refractivity contribution >= 4 is 17.3 Å². The van der Waals surface area contributed by atoms with Crippen LogP contribution in [0.15, 0.2) is 17.5 Å². The second kappa shape index (κ2) is 7.41. The Labute approximate surface area is 101 Å². The summed E-state index contributed by atoms with van der Waals surface area (Å²) in [5.74, 6) is -0.126. The van der Waals surface area contributed by atoms with E-state index in [4.69, 9.17) is 4.74 Å². The zero-order chi connectivity index (χ0) is 11.8. The summed E-state index contributed by atoms with van der Waals surface area (Å²) >= 11 is 1.76. The Morgan fingerprint density at radius 2 is 2.44 bits per heavy atom. The summed E-state index contributed by atoms with van der Waals surface area (Å²) in [6, 6.07) is 4.36. The van der Waals surface area contributed by atoms with Crippen molar-refractivity contribution in [3.63, 3.8) is 0 Å². The Bertz CT molecular complexity index is 298. The lowest BCUT2D eigenvalue weighted by molar-refractivity contribution is -0.143. The molecule has 1 rings (SSSR count). The van der Waals surface area contributed by atoms with Crippen LogP contribution in [0.1, 0.15) is 25.1 Å². The largest absolute Gasteiger partial charge is 0.466 e. The van der Waals surface area contributed by atoms with E-state index in [2.05, 4.69) is 22.8 Å². The molecule has 0 spiro atoms. The van der Waals surface area contributed by atoms with Crippen LogP contribution < -0.4 is 5.32 Å². The van der Waals surface area contributed by atoms with Crippen molar-refractivity contribution in [2.24, 2.45) is 0 Å². The fourth-order valence-electron chi connectivity index (χ4n) is 1.44. The topological polar surface area (TPSA) is 38.3 Å². The lowest BCUT2D eigenvalue weighted by atomic mass is 10.2. The minimum Gasteiger partial charge on any atom is -0.466 e. The lowest BCUT2D eigenvalue weighted by Crippen LogP contribution is -2.30. The molecule has 1 aromatic rings. The van der Waals surface area contributed by atoms with Crippen LogP contribution in [-0.4, -0.2) is 25.2 Å². The van der Waals surface area contributed by atoms with Crippen molar-refractivity contribution in [1.82, 2.24) is 5.32 Å². The van der Waals surface area contributed by atoms with Gasteiger partial charge in [-0.3, -0.25) is 4.79 Å². The zero-order valence-corrected chi connectivity index (χ0v) is 10.7. The number of rotatable bonds is 7. The number of ether oxygens (including phenoxy) is 1. The Hall–Kier alpha value is -0.870. The van der Waals surface area contributed by atoms with Crippen LogP contribution in [0.3, 0.4) is 0 Å². The SMILES string of the molecule is CCOC(=O)CC(C)NCCc1cccs1. The maximum absolute atomic E-state index is 11.2. The van der Waals surface area contributed by atoms with Gasteiger partial charge in [0.25, 0.3) is 0 Å². The van der Waals surface area contributed by atoms with Crippen LogP contribution in [-0.2, 0) is 16.0 Å². The van der Waals surface area contributed by atoms with E-state index in [1.807, 2.05) is 13.8 Å². The maximum atomic E-state index is 11.2. The van der Waals surface area contributed by atoms with Crippen molar-refractivity contribution < 1.29 is 9.53 Å². The van der Waals surface area contributed by atoms with Gasteiger partial charge in [-0.05, 0) is 31.7 Å². The molecular weight excluding hydrogens is 222 g/mol. The van der Waals surface area contributed by atoms with Crippen LogP contribution in [0.4, 0.5) is 0 Å². The first-order valence-corrected chi connectivity index (χ1v) is 6.51. The molecule has 16 heavy (non-hydrogen) atoms. The predicted molar refractivity (Wildman–Crippen MR) is 66.7 cm³/mol. The van der Waals surface area contributed by atoms with Gasteiger partial charge in [0.15, 0.2) is 0 Å². The van der Waals surface area contributed by atoms with E-state index in [1.54, 1.807) is 11.3 Å². The average Bonchev–Trinajstić information content (AvgIpc) is 2.70. The van der Waals surface area contributed by atoms with E-state index >= 15 is 0 Å². The summed E-state index contributed by atoms with van der Waals surface area (Å²) in [7, 11) is 0. The molecule has 0 radical (unpaired) electrons. The van der Waals surface area contributed by atoms with Crippen LogP contribution >= 0.6 is 11.3 Å². The highest BCUT2D eigenvalue weighted by Gasteiger charge is 2.08. The number of carbonyl (C=O) groups excluding carboxylic acids is 1. The molecule has 0 fully saturated rings. The highest BCUT2D eigenvalue weighted by molar-refractivity contribution is 7.09. The van der Waals surface area contributed by atoms with Crippen LogP contribution in [0.2, 0.25) is 0 Å². The van der Waals surface area contributed by atoms with Gasteiger partial charge >= 0.3 is 5.97 Å². The number of carbonyl (C=O) groups is 1. The van der Waals surface area contributed by atoms with Crippen molar-refractivity contribution in [1.29, 1.82) is 0 Å². The molecule has 0 amide bonds. The minimum atomic E-state index is -0.126. The highest BCUT2D eigenvalue weighted by atomic mass is 32.1. The van der Waals surface area contributed by atoms with E-state index in [0.29, 0.717) is 13.0 Å². The van der Waals surface area contributed by atoms with E-state index < -0.39 is 0 Å². The first-order valence-electron chi connectivity index (χ1n) is 5.63. The number of hydrogen-bond acceptors (Lipinski definition) is 4. The lowest BCUT2D eigenvalue weighted by Gasteiger charge is -2.12. The molecule has 0 aliphatic carbocycles. The fraction of sp³-hybridized carbons (Fsp3) is 0.583. The van der Waals surface area contributed by atoms with Gasteiger partial charge in [0.1, 0.15) is 0 Å². The van der Waals surface area contributed by atoms with Gasteiger partial charge in [-0.1, -0.05) is 6.07 Å². The van der Waals surface area contributed by atoms with Crippen molar-refractivity contribution in [3.8, 4) is 0 Å². The number of nitrogens with one attached hydrogen (secondary N) is 1. The van der Waals surface area contributed by atoms with E-state index in [-0.39, 0.29) is 12.0 Å². The summed E-state index contributed by atoms with van der Waals surface area (Å²) < 4.78 is 4.89. The van der Waals surface area contributed by atoms with Crippen LogP contribution in [0.5, 0.6) is 0 Å². The molecule has 4 heteroatoms. The second-order valence-electron chi connectivity index (χ2n) is 3.69. The maximum Gasteiger partial charge on any atom is 0.307 e. The molecule has 3 nitrogen and oxygen atoms in total. The fourth-order valence-corrected chi connectivity index (χ4v) is 2.15. The standard InChI is InChI=1S/C12H19NO2S/c1-3-15-12(14)9-10(2)13-7-6-11-5-4-8-16-11/h4-5,8,10,13H,3,6-7,9H2,1-2H3. The van der Waals surface area contributed by atoms with Crippen LogP contribution in [0.25, 0.3) is 0 Å². The molecule has 0 aliphatic rings. The molecule has 0 bridgehead atoms. The minimum absolute atomic E-state index is 0.126. The Balaban J connectivity index is 2.10. The quantitative estimate of drug-likeness (QED) is 0.744. The van der Waals surface area contributed by atoms with E-state index in [0.717, 1.165) is 13.0 Å². The van der Waals surface area contributed by atoms with E-state index in [9.17, 15) is 4.79 Å². The smallest absolute Gasteiger partial charge is 0.307 e. The Kier molecular flexibility index (Phi) is 6.11. The summed E-state index contributed by atoms with van der Waals surface area (Å²) in [4.78, 5) is 12.6. The van der Waals surface area contributed by atoms with Crippen molar-refractivity contribution in [3.05, 3.63) is 22.4 Å². The van der Waals surface area contributed by atoms with Crippen molar-refractivity contribution in [2.75, 3.05) is 13.2 Å². The Morgan fingerprint density at radius 1 is 1.62 bits per heavy atom. The monoisotopic (exact) mass is 241 g/mol. The normalized spacial score (nSPS) is 12.4. The summed E-state index contributed by atoms with van der Waals surface area (Å²) in [6.07, 6.45) is 1.46. The first kappa shape index (κ1) is 13.2. The summed E-state index contributed by atoms with van der Waals surface area (Å²) in [6.45, 7) is 5.19. The first-order chi connectivity index (χ1) is 7.72. The van der Waals surface area contributed by atoms with Gasteiger partial charge in [-0.2, -0.15) is 0 Å². The third-order valence-electron chi connectivity index (χ3n) is 2.22. The molecule has 0 saturated heterocycles. The average molecular weight is 241 g/mol. The number of esters is 1. The van der Waals surface area contributed by atoms with E-state index in [1.165, 1.54) is 4.88 Å². The zero-order valence-electron chi connectivity index (χ0n) is 9.86. The van der Waals surface area contributed by atoms with Crippen molar-refractivity contribution in [2.45, 2.75) is 32.7 Å². The summed E-state index contributed by atoms with van der Waals surface area (Å²) in [5.41, 5.74) is 0. The second-order valence-corrected chi connectivity index (χ2v) is 4.73. The molecule has 0 aromatic carbocycles. The molecule has 1 unspecified atom stereocenters. The molecule has 1 aromatic heterocycles. The van der Waals surface area contributed by atoms with Crippen LogP contribution in [0, 0.1) is 0 Å². The number of thiophene rings is 1. The molecule has 1 N–H and O–H groups in total. The molecule has 90 valence electrons. The van der Waals surface area contributed by atoms with Gasteiger partial charge < -0.3 is 10.1 Å². The van der Waals surface area contributed by atoms with Gasteiger partial charge in [0.2, 0.25) is 0 Å². The van der Waals surface area contributed by atoms with Gasteiger partial charge in [-0.25, -0.2) is 0 Å². The Morgan fingerprint density at radius 3 is 3.06 bits per heavy atom. The number of hydrogen-bond donors (Lipinski definition) is 1. The predicted octanol–water partition coefficient (Wildman–Crippen LogP) is 2.22. The summed E-state index contributed by atoms with van der Waals surface area (Å²) in [5, 5.41) is 5.40. The molecule has 1 heterocycles. The third-order valence-corrected chi connectivity index (χ3v) is 3.16. The van der Waals surface area contributed by atoms with Gasteiger partial charge in [0, 0.05) is 17.5 Å². The molecular formula is C12H19NO2S.